The maximum atomic E-state index is 12.7. The third kappa shape index (κ3) is 3.28. The van der Waals surface area contributed by atoms with Gasteiger partial charge in [-0.05, 0) is 39.0 Å². The van der Waals surface area contributed by atoms with E-state index in [4.69, 9.17) is 15.2 Å². The Labute approximate surface area is 152 Å². The fraction of sp³-hybridized carbons (Fsp3) is 0.500. The quantitative estimate of drug-likeness (QED) is 0.646. The predicted octanol–water partition coefficient (Wildman–Crippen LogP) is 1.01. The molecule has 1 aromatic rings. The number of guanidine groups is 1. The van der Waals surface area contributed by atoms with E-state index in [0.29, 0.717) is 17.0 Å². The zero-order chi connectivity index (χ0) is 19.3. The summed E-state index contributed by atoms with van der Waals surface area (Å²) in [5.41, 5.74) is 5.01. The average molecular weight is 382 g/mol. The van der Waals surface area contributed by atoms with Gasteiger partial charge in [-0.3, -0.25) is 5.32 Å². The number of anilines is 1. The van der Waals surface area contributed by atoms with Crippen molar-refractivity contribution in [2.24, 2.45) is 4.99 Å². The zero-order valence-electron chi connectivity index (χ0n) is 15.1. The number of hydrogen-bond acceptors (Lipinski definition) is 7. The summed E-state index contributed by atoms with van der Waals surface area (Å²) >= 11 is 0. The van der Waals surface area contributed by atoms with Gasteiger partial charge in [0.1, 0.15) is 29.2 Å². The number of nitrogen functional groups attached to an aromatic ring is 1. The Bertz CT molecular complexity index is 890. The van der Waals surface area contributed by atoms with E-state index < -0.39 is 27.3 Å². The Morgan fingerprint density at radius 2 is 2.12 bits per heavy atom. The monoisotopic (exact) mass is 382 g/mol. The summed E-state index contributed by atoms with van der Waals surface area (Å²) < 4.78 is 37.1. The molecule has 1 amide bonds. The van der Waals surface area contributed by atoms with Crippen molar-refractivity contribution >= 4 is 27.8 Å². The van der Waals surface area contributed by atoms with Crippen LogP contribution in [0.1, 0.15) is 26.3 Å². The maximum absolute atomic E-state index is 12.7. The molecular weight excluding hydrogens is 360 g/mol. The van der Waals surface area contributed by atoms with Gasteiger partial charge in [-0.25, -0.2) is 22.5 Å². The summed E-state index contributed by atoms with van der Waals surface area (Å²) in [6, 6.07) is 5.00. The molecule has 0 saturated carbocycles. The Hall–Kier alpha value is -2.49. The minimum absolute atomic E-state index is 0.0400. The molecule has 2 heterocycles. The first kappa shape index (κ1) is 18.3. The highest BCUT2D eigenvalue weighted by Crippen LogP contribution is 2.43. The third-order valence-electron chi connectivity index (χ3n) is 4.04. The molecule has 0 radical (unpaired) electrons. The first-order chi connectivity index (χ1) is 11.9. The van der Waals surface area contributed by atoms with Gasteiger partial charge in [0.25, 0.3) is 0 Å². The molecule has 0 bridgehead atoms. The molecule has 2 aliphatic heterocycles. The Kier molecular flexibility index (Phi) is 4.06. The summed E-state index contributed by atoms with van der Waals surface area (Å²) in [5, 5.41) is 2.43. The first-order valence-corrected chi connectivity index (χ1v) is 9.62. The minimum Gasteiger partial charge on any atom is -0.490 e. The Morgan fingerprint density at radius 3 is 2.77 bits per heavy atom. The van der Waals surface area contributed by atoms with Crippen LogP contribution in [0.3, 0.4) is 0 Å². The van der Waals surface area contributed by atoms with Gasteiger partial charge in [0.2, 0.25) is 16.0 Å². The molecule has 0 aromatic heterocycles. The van der Waals surface area contributed by atoms with Crippen LogP contribution >= 0.6 is 0 Å². The standard InChI is InChI=1S/C16H22N4O5S/c1-15(2,3)25-14(21)18-13-19-16(9-26(22,23)20(13)4)8-24-12-6-5-10(17)7-11(12)16/h5-7H,8-9,17H2,1-4H3,(H,18,19,21)/t16-/m0/s1. The number of carbonyl (C=O) groups excluding carboxylic acids is 1. The van der Waals surface area contributed by atoms with Gasteiger partial charge < -0.3 is 15.2 Å². The number of amides is 1. The number of hydrogen-bond donors (Lipinski definition) is 2. The summed E-state index contributed by atoms with van der Waals surface area (Å²) in [5.74, 6) is 0.121. The number of carbonyl (C=O) groups is 1. The van der Waals surface area contributed by atoms with Crippen LogP contribution in [0.15, 0.2) is 23.2 Å². The van der Waals surface area contributed by atoms with E-state index in [2.05, 4.69) is 10.3 Å². The highest BCUT2D eigenvalue weighted by Gasteiger charge is 2.50. The van der Waals surface area contributed by atoms with E-state index in [0.717, 1.165) is 4.31 Å². The van der Waals surface area contributed by atoms with Crippen molar-refractivity contribution in [2.75, 3.05) is 25.1 Å². The molecule has 0 unspecified atom stereocenters. The number of sulfonamides is 1. The van der Waals surface area contributed by atoms with Crippen molar-refractivity contribution in [3.8, 4) is 5.75 Å². The predicted molar refractivity (Wildman–Crippen MR) is 96.4 cm³/mol. The molecule has 0 saturated heterocycles. The van der Waals surface area contributed by atoms with E-state index in [1.807, 2.05) is 0 Å². The second-order valence-electron chi connectivity index (χ2n) is 7.36. The van der Waals surface area contributed by atoms with Crippen LogP contribution in [-0.2, 0) is 20.3 Å². The number of nitrogens with one attached hydrogen (secondary N) is 1. The maximum Gasteiger partial charge on any atom is 0.414 e. The number of rotatable bonds is 0. The summed E-state index contributed by atoms with van der Waals surface area (Å²) in [6.07, 6.45) is -0.790. The van der Waals surface area contributed by atoms with Crippen LogP contribution in [0.25, 0.3) is 0 Å². The molecule has 142 valence electrons. The van der Waals surface area contributed by atoms with Gasteiger partial charge in [0.15, 0.2) is 0 Å². The number of nitrogens with zero attached hydrogens (tertiary/aromatic N) is 2. The van der Waals surface area contributed by atoms with E-state index in [1.54, 1.807) is 39.0 Å². The summed E-state index contributed by atoms with van der Waals surface area (Å²) in [4.78, 5) is 16.6. The fourth-order valence-corrected chi connectivity index (χ4v) is 4.31. The number of ether oxygens (including phenoxy) is 2. The normalized spacial score (nSPS) is 23.8. The van der Waals surface area contributed by atoms with Crippen molar-refractivity contribution in [2.45, 2.75) is 31.9 Å². The van der Waals surface area contributed by atoms with Crippen molar-refractivity contribution in [1.82, 2.24) is 9.62 Å². The van der Waals surface area contributed by atoms with Crippen LogP contribution in [0.4, 0.5) is 10.5 Å². The SMILES string of the molecule is CN1C(NC(=O)OC(C)(C)C)=N[C@@]2(COc3ccc(N)cc32)CS1(=O)=O. The molecule has 26 heavy (non-hydrogen) atoms. The third-order valence-corrected chi connectivity index (χ3v) is 5.89. The van der Waals surface area contributed by atoms with Crippen LogP contribution in [0.5, 0.6) is 5.75 Å². The first-order valence-electron chi connectivity index (χ1n) is 8.01. The molecular formula is C16H22N4O5S. The second kappa shape index (κ2) is 5.76. The van der Waals surface area contributed by atoms with E-state index in [9.17, 15) is 13.2 Å². The number of benzene rings is 1. The van der Waals surface area contributed by atoms with Crippen molar-refractivity contribution < 1.29 is 22.7 Å². The topological polar surface area (TPSA) is 123 Å². The molecule has 10 heteroatoms. The van der Waals surface area contributed by atoms with Gasteiger partial charge in [-0.1, -0.05) is 0 Å². The lowest BCUT2D eigenvalue weighted by atomic mass is 9.94. The van der Waals surface area contributed by atoms with Gasteiger partial charge in [0, 0.05) is 18.3 Å². The lowest BCUT2D eigenvalue weighted by molar-refractivity contribution is 0.0558. The minimum atomic E-state index is -3.74. The number of fused-ring (bicyclic) bond motifs is 2. The van der Waals surface area contributed by atoms with Crippen molar-refractivity contribution in [1.29, 1.82) is 0 Å². The molecule has 3 N–H and O–H groups in total. The molecule has 1 atom stereocenters. The summed E-state index contributed by atoms with van der Waals surface area (Å²) in [7, 11) is -2.41. The largest absolute Gasteiger partial charge is 0.490 e. The number of aliphatic imine (C=N–C) groups is 1. The summed E-state index contributed by atoms with van der Waals surface area (Å²) in [6.45, 7) is 5.17. The van der Waals surface area contributed by atoms with Gasteiger partial charge in [-0.15, -0.1) is 0 Å². The molecule has 9 nitrogen and oxygen atoms in total. The highest BCUT2D eigenvalue weighted by molar-refractivity contribution is 7.89. The Morgan fingerprint density at radius 1 is 1.42 bits per heavy atom. The fourth-order valence-electron chi connectivity index (χ4n) is 2.86. The van der Waals surface area contributed by atoms with E-state index in [-0.39, 0.29) is 18.3 Å². The Balaban J connectivity index is 2.02. The van der Waals surface area contributed by atoms with Crippen molar-refractivity contribution in [3.63, 3.8) is 0 Å². The lowest BCUT2D eigenvalue weighted by Crippen LogP contribution is -2.55. The average Bonchev–Trinajstić information content (AvgIpc) is 2.80. The highest BCUT2D eigenvalue weighted by atomic mass is 32.2. The van der Waals surface area contributed by atoms with Crippen LogP contribution < -0.4 is 15.8 Å². The van der Waals surface area contributed by atoms with Crippen LogP contribution in [0.2, 0.25) is 0 Å². The van der Waals surface area contributed by atoms with E-state index in [1.165, 1.54) is 7.05 Å². The van der Waals surface area contributed by atoms with Crippen LogP contribution in [-0.4, -0.2) is 49.8 Å². The zero-order valence-corrected chi connectivity index (χ0v) is 15.9. The molecule has 0 fully saturated rings. The molecule has 0 aliphatic carbocycles. The molecule has 2 aliphatic rings. The van der Waals surface area contributed by atoms with Crippen molar-refractivity contribution in [3.05, 3.63) is 23.8 Å². The second-order valence-corrected chi connectivity index (χ2v) is 9.36. The van der Waals surface area contributed by atoms with Gasteiger partial charge in [-0.2, -0.15) is 0 Å². The molecule has 3 rings (SSSR count). The molecule has 1 spiro atoms. The van der Waals surface area contributed by atoms with E-state index >= 15 is 0 Å². The number of nitrogens with two attached hydrogens (primary N) is 1. The smallest absolute Gasteiger partial charge is 0.414 e. The lowest BCUT2D eigenvalue weighted by Gasteiger charge is -2.34. The van der Waals surface area contributed by atoms with Crippen LogP contribution in [0, 0.1) is 0 Å². The van der Waals surface area contributed by atoms with Gasteiger partial charge >= 0.3 is 6.09 Å². The molecule has 1 aromatic carbocycles. The number of alkyl carbamates (subject to hydrolysis) is 1. The van der Waals surface area contributed by atoms with Gasteiger partial charge in [0.05, 0.1) is 0 Å².